The highest BCUT2D eigenvalue weighted by Gasteiger charge is 2.15. The quantitative estimate of drug-likeness (QED) is 0.379. The third-order valence-corrected chi connectivity index (χ3v) is 5.59. The van der Waals surface area contributed by atoms with Gasteiger partial charge in [-0.2, -0.15) is 5.10 Å². The molecule has 5 rings (SSSR count). The van der Waals surface area contributed by atoms with E-state index in [0.29, 0.717) is 34.1 Å². The van der Waals surface area contributed by atoms with Crippen molar-refractivity contribution in [1.82, 2.24) is 14.8 Å². The number of fused-ring (bicyclic) bond motifs is 2. The Labute approximate surface area is 195 Å². The number of hydrogen-bond acceptors (Lipinski definition) is 5. The van der Waals surface area contributed by atoms with E-state index in [1.165, 1.54) is 7.11 Å². The first kappa shape index (κ1) is 21.3. The summed E-state index contributed by atoms with van der Waals surface area (Å²) in [6.45, 7) is 1.88. The van der Waals surface area contributed by atoms with Crippen molar-refractivity contribution in [3.8, 4) is 23.0 Å². The molecule has 170 valence electrons. The van der Waals surface area contributed by atoms with Crippen LogP contribution in [0.5, 0.6) is 23.0 Å². The van der Waals surface area contributed by atoms with E-state index in [-0.39, 0.29) is 11.7 Å². The number of amides is 1. The van der Waals surface area contributed by atoms with Crippen LogP contribution < -0.4 is 14.8 Å². The molecular formula is C26H23N4O4+. The molecule has 0 saturated carbocycles. The Hall–Kier alpha value is -4.59. The fourth-order valence-electron chi connectivity index (χ4n) is 3.97. The van der Waals surface area contributed by atoms with Crippen LogP contribution >= 0.6 is 0 Å². The molecule has 8 nitrogen and oxygen atoms in total. The van der Waals surface area contributed by atoms with Gasteiger partial charge in [0, 0.05) is 36.3 Å². The Bertz CT molecular complexity index is 1560. The number of nitrogens with zero attached hydrogens (tertiary/aromatic N) is 3. The minimum Gasteiger partial charge on any atom is -0.591 e. The molecule has 0 unspecified atom stereocenters. The van der Waals surface area contributed by atoms with Crippen molar-refractivity contribution in [3.63, 3.8) is 0 Å². The molecule has 1 amide bonds. The van der Waals surface area contributed by atoms with Crippen molar-refractivity contribution in [2.45, 2.75) is 6.92 Å². The summed E-state index contributed by atoms with van der Waals surface area (Å²) >= 11 is 0. The molecule has 0 fully saturated rings. The average molecular weight is 455 g/mol. The molecule has 3 aromatic carbocycles. The van der Waals surface area contributed by atoms with E-state index in [9.17, 15) is 4.79 Å². The second kappa shape index (κ2) is 8.40. The normalized spacial score (nSPS) is 11.0. The van der Waals surface area contributed by atoms with Crippen molar-refractivity contribution < 1.29 is 19.4 Å². The van der Waals surface area contributed by atoms with Crippen LogP contribution in [0.4, 0.5) is 5.82 Å². The first-order chi connectivity index (χ1) is 16.4. The molecule has 3 N–H and O–H groups in total. The van der Waals surface area contributed by atoms with Crippen molar-refractivity contribution in [1.29, 1.82) is 0 Å². The fraction of sp³-hybridized carbons (Fsp3) is 0.115. The summed E-state index contributed by atoms with van der Waals surface area (Å²) < 4.78 is 13.1. The summed E-state index contributed by atoms with van der Waals surface area (Å²) in [4.78, 5) is 17.3. The molecule has 0 radical (unpaired) electrons. The summed E-state index contributed by atoms with van der Waals surface area (Å²) in [6.07, 6.45) is 1.65. The van der Waals surface area contributed by atoms with E-state index in [0.717, 1.165) is 21.9 Å². The lowest BCUT2D eigenvalue weighted by Crippen LogP contribution is -2.14. The van der Waals surface area contributed by atoms with Crippen LogP contribution in [0.2, 0.25) is 0 Å². The topological polar surface area (TPSA) is 101 Å². The number of ether oxygens (including phenoxy) is 2. The Kier molecular flexibility index (Phi) is 5.25. The van der Waals surface area contributed by atoms with Gasteiger partial charge in [-0.1, -0.05) is 12.1 Å². The molecule has 8 heteroatoms. The number of methoxy groups -OCH3 is 1. The zero-order chi connectivity index (χ0) is 23.8. The predicted molar refractivity (Wildman–Crippen MR) is 131 cm³/mol. The van der Waals surface area contributed by atoms with Crippen molar-refractivity contribution in [2.75, 3.05) is 12.4 Å². The van der Waals surface area contributed by atoms with Gasteiger partial charge in [-0.15, -0.1) is 0 Å². The highest BCUT2D eigenvalue weighted by molar-refractivity contribution is 6.12. The molecule has 2 aromatic heterocycles. The summed E-state index contributed by atoms with van der Waals surface area (Å²) in [5, 5.41) is 17.7. The number of anilines is 1. The minimum absolute atomic E-state index is 0.208. The highest BCUT2D eigenvalue weighted by atomic mass is 16.5. The SMILES string of the molecule is COc1cc2c(Oc3ccc4c(C(=O)Nc5cc(C)nn5C)cccc4c3)ccnc2cc1[OH2+]. The first-order valence-electron chi connectivity index (χ1n) is 10.6. The molecule has 2 heterocycles. The lowest BCUT2D eigenvalue weighted by atomic mass is 10.0. The zero-order valence-corrected chi connectivity index (χ0v) is 18.9. The van der Waals surface area contributed by atoms with Crippen LogP contribution in [0.3, 0.4) is 0 Å². The maximum Gasteiger partial charge on any atom is 0.299 e. The predicted octanol–water partition coefficient (Wildman–Crippen LogP) is 4.92. The van der Waals surface area contributed by atoms with Crippen LogP contribution in [0.25, 0.3) is 21.7 Å². The number of hydrogen-bond donors (Lipinski definition) is 1. The third-order valence-electron chi connectivity index (χ3n) is 5.59. The number of benzene rings is 3. The highest BCUT2D eigenvalue weighted by Crippen LogP contribution is 2.37. The number of carbonyl (C=O) groups is 1. The number of pyridine rings is 1. The molecule has 0 spiro atoms. The Morgan fingerprint density at radius 3 is 2.65 bits per heavy atom. The van der Waals surface area contributed by atoms with E-state index >= 15 is 0 Å². The number of carbonyl (C=O) groups excluding carboxylic acids is 1. The number of aromatic nitrogens is 3. The molecule has 0 aliphatic heterocycles. The second-order valence-electron chi connectivity index (χ2n) is 7.92. The van der Waals surface area contributed by atoms with Gasteiger partial charge in [0.2, 0.25) is 5.75 Å². The average Bonchev–Trinajstić information content (AvgIpc) is 3.14. The van der Waals surface area contributed by atoms with Crippen LogP contribution in [0, 0.1) is 6.92 Å². The van der Waals surface area contributed by atoms with Gasteiger partial charge in [-0.05, 0) is 48.0 Å². The molecule has 0 saturated heterocycles. The van der Waals surface area contributed by atoms with Crippen molar-refractivity contribution in [2.24, 2.45) is 7.05 Å². The molecule has 0 aliphatic rings. The number of nitrogens with one attached hydrogen (secondary N) is 1. The summed E-state index contributed by atoms with van der Waals surface area (Å²) in [7, 11) is 3.32. The summed E-state index contributed by atoms with van der Waals surface area (Å²) in [6, 6.07) is 18.2. The van der Waals surface area contributed by atoms with Crippen molar-refractivity contribution >= 4 is 33.4 Å². The van der Waals surface area contributed by atoms with Gasteiger partial charge in [0.25, 0.3) is 11.7 Å². The molecule has 34 heavy (non-hydrogen) atoms. The van der Waals surface area contributed by atoms with E-state index in [4.69, 9.17) is 14.6 Å². The third kappa shape index (κ3) is 3.86. The van der Waals surface area contributed by atoms with Gasteiger partial charge in [-0.3, -0.25) is 14.5 Å². The van der Waals surface area contributed by atoms with Gasteiger partial charge in [0.05, 0.1) is 24.4 Å². The van der Waals surface area contributed by atoms with Gasteiger partial charge in [-0.25, -0.2) is 0 Å². The Balaban J connectivity index is 1.48. The van der Waals surface area contributed by atoms with E-state index in [2.05, 4.69) is 15.4 Å². The van der Waals surface area contributed by atoms with Crippen LogP contribution in [0.15, 0.2) is 66.9 Å². The number of rotatable bonds is 5. The molecular weight excluding hydrogens is 432 g/mol. The smallest absolute Gasteiger partial charge is 0.299 e. The second-order valence-corrected chi connectivity index (χ2v) is 7.92. The Morgan fingerprint density at radius 1 is 1.03 bits per heavy atom. The molecule has 0 aliphatic carbocycles. The standard InChI is InChI=1S/C26H22N4O4/c1-15-11-25(30(2)29-15)28-26(32)19-6-4-5-16-12-17(7-8-18(16)19)34-23-9-10-27-21-14-22(31)24(33-3)13-20(21)23/h4-14,31H,1-3H3,(H,28,32)/p+1. The van der Waals surface area contributed by atoms with Crippen LogP contribution in [-0.4, -0.2) is 32.9 Å². The first-order valence-corrected chi connectivity index (χ1v) is 10.6. The summed E-state index contributed by atoms with van der Waals surface area (Å²) in [5.41, 5.74) is 2.04. The van der Waals surface area contributed by atoms with E-state index < -0.39 is 0 Å². The fourth-order valence-corrected chi connectivity index (χ4v) is 3.97. The monoisotopic (exact) mass is 455 g/mol. The number of aryl methyl sites for hydroxylation is 2. The van der Waals surface area contributed by atoms with Crippen LogP contribution in [-0.2, 0) is 7.05 Å². The van der Waals surface area contributed by atoms with Gasteiger partial charge < -0.3 is 19.9 Å². The van der Waals surface area contributed by atoms with E-state index in [1.807, 2.05) is 43.3 Å². The molecule has 0 atom stereocenters. The summed E-state index contributed by atoms with van der Waals surface area (Å²) in [5.74, 6) is 2.36. The van der Waals surface area contributed by atoms with E-state index in [1.54, 1.807) is 42.2 Å². The van der Waals surface area contributed by atoms with Crippen molar-refractivity contribution in [3.05, 3.63) is 78.1 Å². The minimum atomic E-state index is -0.208. The lowest BCUT2D eigenvalue weighted by molar-refractivity contribution is 0.102. The Morgan fingerprint density at radius 2 is 1.88 bits per heavy atom. The zero-order valence-electron chi connectivity index (χ0n) is 18.9. The van der Waals surface area contributed by atoms with Gasteiger partial charge in [0.1, 0.15) is 17.3 Å². The maximum atomic E-state index is 13.0. The van der Waals surface area contributed by atoms with Gasteiger partial charge >= 0.3 is 0 Å². The largest absolute Gasteiger partial charge is 0.591 e. The lowest BCUT2D eigenvalue weighted by Gasteiger charge is -2.12. The molecule has 5 aromatic rings. The molecule has 0 bridgehead atoms. The van der Waals surface area contributed by atoms with Crippen LogP contribution in [0.1, 0.15) is 16.1 Å². The maximum absolute atomic E-state index is 13.0. The van der Waals surface area contributed by atoms with Gasteiger partial charge in [0.15, 0.2) is 0 Å².